The molecule has 2 aliphatic heterocycles. The first-order chi connectivity index (χ1) is 13.2. The Kier molecular flexibility index (Phi) is 4.12. The first-order valence-corrected chi connectivity index (χ1v) is 11.8. The van der Waals surface area contributed by atoms with Gasteiger partial charge in [-0.2, -0.15) is 0 Å². The van der Waals surface area contributed by atoms with Gasteiger partial charge in [-0.1, -0.05) is 60.7 Å². The summed E-state index contributed by atoms with van der Waals surface area (Å²) in [7, 11) is 0. The van der Waals surface area contributed by atoms with Gasteiger partial charge in [0.2, 0.25) is 5.91 Å². The molecule has 4 atom stereocenters. The van der Waals surface area contributed by atoms with Crippen LogP contribution in [0.3, 0.4) is 0 Å². The molecule has 3 aliphatic rings. The molecule has 140 valence electrons. The lowest BCUT2D eigenvalue weighted by molar-refractivity contribution is -0.143. The van der Waals surface area contributed by atoms with E-state index >= 15 is 0 Å². The van der Waals surface area contributed by atoms with Crippen molar-refractivity contribution in [2.75, 3.05) is 19.1 Å². The molecule has 0 aromatic heterocycles. The van der Waals surface area contributed by atoms with Crippen molar-refractivity contribution in [2.45, 2.75) is 22.3 Å². The van der Waals surface area contributed by atoms with E-state index in [-0.39, 0.29) is 27.9 Å². The predicted octanol–water partition coefficient (Wildman–Crippen LogP) is 4.51. The molecule has 5 heteroatoms. The Bertz CT molecular complexity index is 855. The maximum Gasteiger partial charge on any atom is 0.231 e. The van der Waals surface area contributed by atoms with Gasteiger partial charge in [0.15, 0.2) is 5.72 Å². The maximum absolute atomic E-state index is 13.8. The van der Waals surface area contributed by atoms with Gasteiger partial charge in [-0.25, -0.2) is 0 Å². The molecule has 0 unspecified atom stereocenters. The third kappa shape index (κ3) is 2.19. The van der Waals surface area contributed by atoms with Gasteiger partial charge in [0, 0.05) is 11.5 Å². The molecule has 1 saturated carbocycles. The summed E-state index contributed by atoms with van der Waals surface area (Å²) >= 11 is 3.66. The number of hydrogen-bond donors (Lipinski definition) is 0. The van der Waals surface area contributed by atoms with E-state index in [1.807, 2.05) is 59.9 Å². The molecule has 0 radical (unpaired) electrons. The molecular weight excluding hydrogens is 374 g/mol. The molecule has 1 aliphatic carbocycles. The number of carbonyl (C=O) groups excluding carboxylic acids is 1. The number of amides is 1. The summed E-state index contributed by atoms with van der Waals surface area (Å²) in [5.41, 5.74) is 1.64. The molecule has 3 fully saturated rings. The van der Waals surface area contributed by atoms with Gasteiger partial charge in [-0.3, -0.25) is 4.79 Å². The molecule has 0 spiro atoms. The molecule has 27 heavy (non-hydrogen) atoms. The van der Waals surface area contributed by atoms with Crippen molar-refractivity contribution in [3.63, 3.8) is 0 Å². The van der Waals surface area contributed by atoms with E-state index in [9.17, 15) is 4.79 Å². The summed E-state index contributed by atoms with van der Waals surface area (Å²) in [6.07, 6.45) is 5.26. The minimum atomic E-state index is -0.627. The lowest BCUT2D eigenvalue weighted by atomic mass is 9.68. The van der Waals surface area contributed by atoms with Gasteiger partial charge in [0.1, 0.15) is 0 Å². The fourth-order valence-corrected chi connectivity index (χ4v) is 7.69. The second-order valence-corrected chi connectivity index (χ2v) is 10.0. The third-order valence-corrected chi connectivity index (χ3v) is 9.80. The van der Waals surface area contributed by atoms with Crippen LogP contribution in [0.4, 0.5) is 0 Å². The number of ether oxygens (including phenoxy) is 1. The topological polar surface area (TPSA) is 29.5 Å². The maximum atomic E-state index is 13.8. The first kappa shape index (κ1) is 17.7. The molecule has 3 nitrogen and oxygen atoms in total. The van der Waals surface area contributed by atoms with Crippen LogP contribution in [0.25, 0.3) is 0 Å². The Morgan fingerprint density at radius 1 is 1.00 bits per heavy atom. The van der Waals surface area contributed by atoms with Crippen molar-refractivity contribution < 1.29 is 9.53 Å². The Hall–Kier alpha value is -1.43. The van der Waals surface area contributed by atoms with E-state index in [1.165, 1.54) is 0 Å². The summed E-state index contributed by atoms with van der Waals surface area (Å²) in [5.74, 6) is 0.473. The van der Waals surface area contributed by atoms with E-state index in [0.717, 1.165) is 17.5 Å². The number of hydrogen-bond acceptors (Lipinski definition) is 4. The molecule has 2 aromatic carbocycles. The molecule has 5 rings (SSSR count). The van der Waals surface area contributed by atoms with Gasteiger partial charge < -0.3 is 9.64 Å². The predicted molar refractivity (Wildman–Crippen MR) is 111 cm³/mol. The Labute approximate surface area is 168 Å². The Balaban J connectivity index is 1.65. The smallest absolute Gasteiger partial charge is 0.231 e. The van der Waals surface area contributed by atoms with Crippen molar-refractivity contribution in [1.82, 2.24) is 4.90 Å². The van der Waals surface area contributed by atoms with Crippen molar-refractivity contribution in [2.24, 2.45) is 11.8 Å². The average molecular weight is 398 g/mol. The monoisotopic (exact) mass is 397 g/mol. The molecular formula is C22H23NO2S2. The van der Waals surface area contributed by atoms with Crippen LogP contribution in [0, 0.1) is 11.8 Å². The minimum Gasteiger partial charge on any atom is -0.348 e. The van der Waals surface area contributed by atoms with Crippen LogP contribution < -0.4 is 0 Å². The highest BCUT2D eigenvalue weighted by Gasteiger charge is 2.75. The summed E-state index contributed by atoms with van der Waals surface area (Å²) in [4.78, 5) is 15.8. The van der Waals surface area contributed by atoms with Crippen molar-refractivity contribution in [1.29, 1.82) is 0 Å². The van der Waals surface area contributed by atoms with Crippen LogP contribution in [0.2, 0.25) is 0 Å². The number of fused-ring (bicyclic) bond motifs is 3. The summed E-state index contributed by atoms with van der Waals surface area (Å²) < 4.78 is 6.56. The quantitative estimate of drug-likeness (QED) is 0.710. The zero-order valence-corrected chi connectivity index (χ0v) is 17.1. The van der Waals surface area contributed by atoms with Crippen LogP contribution in [-0.2, 0) is 15.3 Å². The molecule has 0 bridgehead atoms. The minimum absolute atomic E-state index is 0.00854. The second kappa shape index (κ2) is 6.29. The average Bonchev–Trinajstić information content (AvgIpc) is 3.19. The number of benzene rings is 2. The van der Waals surface area contributed by atoms with Gasteiger partial charge in [-0.05, 0) is 24.5 Å². The summed E-state index contributed by atoms with van der Waals surface area (Å²) in [6, 6.07) is 20.7. The van der Waals surface area contributed by atoms with Crippen LogP contribution >= 0.6 is 23.5 Å². The van der Waals surface area contributed by atoms with Gasteiger partial charge >= 0.3 is 0 Å². The number of thioether (sulfide) groups is 2. The lowest BCUT2D eigenvalue weighted by Crippen LogP contribution is -2.54. The first-order valence-electron chi connectivity index (χ1n) is 9.36. The van der Waals surface area contributed by atoms with Crippen molar-refractivity contribution >= 4 is 29.4 Å². The van der Waals surface area contributed by atoms with Crippen LogP contribution in [-0.4, -0.2) is 34.0 Å². The highest BCUT2D eigenvalue weighted by Crippen LogP contribution is 2.70. The van der Waals surface area contributed by atoms with Gasteiger partial charge in [0.05, 0.1) is 22.6 Å². The second-order valence-electron chi connectivity index (χ2n) is 7.52. The Morgan fingerprint density at radius 2 is 1.63 bits per heavy atom. The molecule has 2 heterocycles. The number of rotatable bonds is 4. The lowest BCUT2D eigenvalue weighted by Gasteiger charge is -2.52. The molecule has 2 aromatic rings. The standard InChI is InChI=1S/C22H23NO2S2/c1-26-21(27-2)13-17-19(21)20(24)23-18(15-9-5-3-6-10-15)14-25-22(17,23)16-11-7-4-8-12-16/h3-12,17-19H,13-14H2,1-2H3/t17-,18-,19+,22-/m1/s1. The van der Waals surface area contributed by atoms with Crippen LogP contribution in [0.1, 0.15) is 23.6 Å². The number of nitrogens with zero attached hydrogens (tertiary/aromatic N) is 1. The van der Waals surface area contributed by atoms with Gasteiger partial charge in [-0.15, -0.1) is 23.5 Å². The van der Waals surface area contributed by atoms with Crippen LogP contribution in [0.15, 0.2) is 60.7 Å². The van der Waals surface area contributed by atoms with Gasteiger partial charge in [0.25, 0.3) is 0 Å². The van der Waals surface area contributed by atoms with Crippen molar-refractivity contribution in [3.05, 3.63) is 71.8 Å². The molecule has 1 amide bonds. The van der Waals surface area contributed by atoms with E-state index in [0.29, 0.717) is 6.61 Å². The summed E-state index contributed by atoms with van der Waals surface area (Å²) in [6.45, 7) is 0.555. The Morgan fingerprint density at radius 3 is 2.26 bits per heavy atom. The largest absolute Gasteiger partial charge is 0.348 e. The normalized spacial score (nSPS) is 33.5. The molecule has 0 N–H and O–H groups in total. The number of carbonyl (C=O) groups is 1. The highest BCUT2D eigenvalue weighted by molar-refractivity contribution is 8.17. The highest BCUT2D eigenvalue weighted by atomic mass is 32.2. The molecule has 2 saturated heterocycles. The summed E-state index contributed by atoms with van der Waals surface area (Å²) in [5, 5.41) is 0. The van der Waals surface area contributed by atoms with E-state index in [1.54, 1.807) is 0 Å². The van der Waals surface area contributed by atoms with E-state index in [2.05, 4.69) is 41.7 Å². The zero-order chi connectivity index (χ0) is 18.6. The SMILES string of the molecule is CSC1(SC)C[C@@H]2[C@H]1C(=O)N1[C@@H](c3ccccc3)CO[C@]21c1ccccc1. The van der Waals surface area contributed by atoms with E-state index < -0.39 is 5.72 Å². The fraction of sp³-hybridized carbons (Fsp3) is 0.409. The fourth-order valence-electron chi connectivity index (χ4n) is 5.29. The van der Waals surface area contributed by atoms with E-state index in [4.69, 9.17) is 4.74 Å². The van der Waals surface area contributed by atoms with Crippen molar-refractivity contribution in [3.8, 4) is 0 Å². The third-order valence-electron chi connectivity index (χ3n) is 6.58. The zero-order valence-electron chi connectivity index (χ0n) is 15.5. The van der Waals surface area contributed by atoms with Crippen LogP contribution in [0.5, 0.6) is 0 Å².